The first kappa shape index (κ1) is 16.0. The quantitative estimate of drug-likeness (QED) is 0.886. The lowest BCUT2D eigenvalue weighted by atomic mass is 10.2. The molecule has 0 saturated carbocycles. The van der Waals surface area contributed by atoms with E-state index in [-0.39, 0.29) is 0 Å². The minimum absolute atomic E-state index is 0.459. The third-order valence-electron chi connectivity index (χ3n) is 2.78. The number of carbonyl (C=O) groups is 1. The van der Waals surface area contributed by atoms with Crippen LogP contribution >= 0.6 is 0 Å². The fraction of sp³-hybridized carbons (Fsp3) is 0.188. The molecule has 0 radical (unpaired) electrons. The molecule has 0 heterocycles. The van der Waals surface area contributed by atoms with Crippen LogP contribution in [0.2, 0.25) is 0 Å². The van der Waals surface area contributed by atoms with Crippen LogP contribution in [0.15, 0.2) is 54.6 Å². The standard InChI is InChI=1S/C16H17NO4S/c1-22(19,20)12-16(18)17-14-7-9-15(10-8-14)21-11-13-5-3-2-4-6-13/h2-10H,11-12H2,1H3,(H,17,18). The number of sulfone groups is 1. The second-order valence-electron chi connectivity index (χ2n) is 4.92. The van der Waals surface area contributed by atoms with E-state index in [1.54, 1.807) is 24.3 Å². The molecule has 2 aromatic carbocycles. The molecule has 0 aliphatic rings. The molecule has 0 aliphatic carbocycles. The van der Waals surface area contributed by atoms with E-state index in [0.29, 0.717) is 18.0 Å². The van der Waals surface area contributed by atoms with E-state index in [9.17, 15) is 13.2 Å². The van der Waals surface area contributed by atoms with Gasteiger partial charge in [0.05, 0.1) is 0 Å². The summed E-state index contributed by atoms with van der Waals surface area (Å²) >= 11 is 0. The number of nitrogens with one attached hydrogen (secondary N) is 1. The fourth-order valence-electron chi connectivity index (χ4n) is 1.81. The second kappa shape index (κ2) is 7.09. The van der Waals surface area contributed by atoms with Crippen molar-refractivity contribution in [3.8, 4) is 5.75 Å². The highest BCUT2D eigenvalue weighted by atomic mass is 32.2. The Morgan fingerprint density at radius 2 is 1.68 bits per heavy atom. The number of anilines is 1. The Kier molecular flexibility index (Phi) is 5.16. The average molecular weight is 319 g/mol. The Hall–Kier alpha value is -2.34. The highest BCUT2D eigenvalue weighted by molar-refractivity contribution is 7.91. The molecule has 22 heavy (non-hydrogen) atoms. The van der Waals surface area contributed by atoms with Crippen molar-refractivity contribution in [2.75, 3.05) is 17.3 Å². The molecule has 1 amide bonds. The number of amides is 1. The van der Waals surface area contributed by atoms with E-state index in [0.717, 1.165) is 11.8 Å². The minimum atomic E-state index is -3.33. The molecule has 2 aromatic rings. The monoisotopic (exact) mass is 319 g/mol. The molecule has 6 heteroatoms. The maximum Gasteiger partial charge on any atom is 0.239 e. The summed E-state index contributed by atoms with van der Waals surface area (Å²) in [6, 6.07) is 16.5. The molecular weight excluding hydrogens is 302 g/mol. The Labute approximate surface area is 129 Å². The van der Waals surface area contributed by atoms with Crippen molar-refractivity contribution in [3.05, 3.63) is 60.2 Å². The zero-order valence-corrected chi connectivity index (χ0v) is 13.0. The van der Waals surface area contributed by atoms with E-state index in [1.807, 2.05) is 30.3 Å². The molecule has 0 atom stereocenters. The van der Waals surface area contributed by atoms with Gasteiger partial charge in [-0.2, -0.15) is 0 Å². The van der Waals surface area contributed by atoms with Crippen LogP contribution in [-0.4, -0.2) is 26.3 Å². The van der Waals surface area contributed by atoms with E-state index in [4.69, 9.17) is 4.74 Å². The van der Waals surface area contributed by atoms with Crippen LogP contribution in [0.5, 0.6) is 5.75 Å². The Morgan fingerprint density at radius 1 is 1.05 bits per heavy atom. The summed E-state index contributed by atoms with van der Waals surface area (Å²) in [4.78, 5) is 11.5. The molecule has 116 valence electrons. The fourth-order valence-corrected chi connectivity index (χ4v) is 2.36. The molecule has 0 aliphatic heterocycles. The maximum absolute atomic E-state index is 11.5. The first-order chi connectivity index (χ1) is 10.4. The van der Waals surface area contributed by atoms with Gasteiger partial charge in [-0.3, -0.25) is 4.79 Å². The zero-order chi connectivity index (χ0) is 16.0. The van der Waals surface area contributed by atoms with Crippen molar-refractivity contribution >= 4 is 21.4 Å². The van der Waals surface area contributed by atoms with Gasteiger partial charge in [-0.1, -0.05) is 30.3 Å². The SMILES string of the molecule is CS(=O)(=O)CC(=O)Nc1ccc(OCc2ccccc2)cc1. The molecule has 1 N–H and O–H groups in total. The van der Waals surface area contributed by atoms with Gasteiger partial charge in [-0.05, 0) is 29.8 Å². The smallest absolute Gasteiger partial charge is 0.239 e. The van der Waals surface area contributed by atoms with E-state index >= 15 is 0 Å². The molecule has 0 spiro atoms. The lowest BCUT2D eigenvalue weighted by Gasteiger charge is -2.08. The van der Waals surface area contributed by atoms with Gasteiger partial charge >= 0.3 is 0 Å². The van der Waals surface area contributed by atoms with Gasteiger partial charge in [0.25, 0.3) is 0 Å². The number of carbonyl (C=O) groups excluding carboxylic acids is 1. The number of ether oxygens (including phenoxy) is 1. The van der Waals surface area contributed by atoms with Gasteiger partial charge in [0.2, 0.25) is 5.91 Å². The molecule has 0 saturated heterocycles. The van der Waals surface area contributed by atoms with Gasteiger partial charge in [-0.25, -0.2) is 8.42 Å². The van der Waals surface area contributed by atoms with Crippen molar-refractivity contribution in [1.82, 2.24) is 0 Å². The van der Waals surface area contributed by atoms with Gasteiger partial charge in [0.15, 0.2) is 9.84 Å². The number of benzene rings is 2. The topological polar surface area (TPSA) is 72.5 Å². The van der Waals surface area contributed by atoms with Crippen molar-refractivity contribution in [1.29, 1.82) is 0 Å². The Bertz CT molecular complexity index is 725. The van der Waals surface area contributed by atoms with Crippen LogP contribution in [0, 0.1) is 0 Å². The number of rotatable bonds is 6. The van der Waals surface area contributed by atoms with Crippen LogP contribution in [0.4, 0.5) is 5.69 Å². The lowest BCUT2D eigenvalue weighted by molar-refractivity contribution is -0.113. The predicted molar refractivity (Wildman–Crippen MR) is 85.6 cm³/mol. The summed E-state index contributed by atoms with van der Waals surface area (Å²) < 4.78 is 27.7. The van der Waals surface area contributed by atoms with Crippen molar-refractivity contribution in [3.63, 3.8) is 0 Å². The van der Waals surface area contributed by atoms with Crippen molar-refractivity contribution < 1.29 is 17.9 Å². The molecule has 5 nitrogen and oxygen atoms in total. The molecule has 0 aromatic heterocycles. The molecule has 0 bridgehead atoms. The number of hydrogen-bond acceptors (Lipinski definition) is 4. The highest BCUT2D eigenvalue weighted by Crippen LogP contribution is 2.17. The van der Waals surface area contributed by atoms with Gasteiger partial charge in [-0.15, -0.1) is 0 Å². The summed E-state index contributed by atoms with van der Waals surface area (Å²) in [5.74, 6) is -0.412. The molecule has 2 rings (SSSR count). The summed E-state index contributed by atoms with van der Waals surface area (Å²) in [5.41, 5.74) is 1.59. The second-order valence-corrected chi connectivity index (χ2v) is 7.06. The van der Waals surface area contributed by atoms with Crippen LogP contribution in [0.25, 0.3) is 0 Å². The first-order valence-corrected chi connectivity index (χ1v) is 8.73. The maximum atomic E-state index is 11.5. The summed E-state index contributed by atoms with van der Waals surface area (Å²) in [6.45, 7) is 0.459. The summed E-state index contributed by atoms with van der Waals surface area (Å²) in [5, 5.41) is 2.53. The summed E-state index contributed by atoms with van der Waals surface area (Å²) in [7, 11) is -3.33. The summed E-state index contributed by atoms with van der Waals surface area (Å²) in [6.07, 6.45) is 1.02. The van der Waals surface area contributed by atoms with Gasteiger partial charge < -0.3 is 10.1 Å². The molecule has 0 fully saturated rings. The lowest BCUT2D eigenvalue weighted by Crippen LogP contribution is -2.21. The van der Waals surface area contributed by atoms with Crippen molar-refractivity contribution in [2.45, 2.75) is 6.61 Å². The van der Waals surface area contributed by atoms with Gasteiger partial charge in [0, 0.05) is 11.9 Å². The van der Waals surface area contributed by atoms with Crippen molar-refractivity contribution in [2.24, 2.45) is 0 Å². The van der Waals surface area contributed by atoms with Crippen LogP contribution in [0.1, 0.15) is 5.56 Å². The normalized spacial score (nSPS) is 11.0. The van der Waals surface area contributed by atoms with E-state index < -0.39 is 21.5 Å². The third kappa shape index (κ3) is 5.57. The van der Waals surface area contributed by atoms with E-state index in [2.05, 4.69) is 5.32 Å². The molecular formula is C16H17NO4S. The van der Waals surface area contributed by atoms with Gasteiger partial charge in [0.1, 0.15) is 18.1 Å². The van der Waals surface area contributed by atoms with Crippen LogP contribution in [0.3, 0.4) is 0 Å². The third-order valence-corrected chi connectivity index (χ3v) is 3.57. The molecule has 0 unspecified atom stereocenters. The minimum Gasteiger partial charge on any atom is -0.489 e. The zero-order valence-electron chi connectivity index (χ0n) is 12.2. The Balaban J connectivity index is 1.89. The first-order valence-electron chi connectivity index (χ1n) is 6.67. The Morgan fingerprint density at radius 3 is 2.27 bits per heavy atom. The highest BCUT2D eigenvalue weighted by Gasteiger charge is 2.10. The van der Waals surface area contributed by atoms with E-state index in [1.165, 1.54) is 0 Å². The van der Waals surface area contributed by atoms with Crippen LogP contribution in [-0.2, 0) is 21.2 Å². The predicted octanol–water partition coefficient (Wildman–Crippen LogP) is 2.25. The van der Waals surface area contributed by atoms with Crippen LogP contribution < -0.4 is 10.1 Å². The number of hydrogen-bond donors (Lipinski definition) is 1. The largest absolute Gasteiger partial charge is 0.489 e. The average Bonchev–Trinajstić information content (AvgIpc) is 2.45.